The van der Waals surface area contributed by atoms with Crippen molar-refractivity contribution in [3.8, 4) is 11.5 Å². The molecule has 0 fully saturated rings. The first kappa shape index (κ1) is 22.0. The monoisotopic (exact) mass is 429 g/mol. The number of methoxy groups -OCH3 is 3. The van der Waals surface area contributed by atoms with E-state index in [4.69, 9.17) is 14.2 Å². The molecule has 0 bridgehead atoms. The minimum atomic E-state index is -0.874. The predicted octanol–water partition coefficient (Wildman–Crippen LogP) is 1.66. The number of hydrogen-bond acceptors (Lipinski definition) is 7. The number of fused-ring (bicyclic) bond motifs is 1. The van der Waals surface area contributed by atoms with Crippen LogP contribution in [0.2, 0.25) is 0 Å². The Balaban J connectivity index is 1.84. The third-order valence-electron chi connectivity index (χ3n) is 5.13. The van der Waals surface area contributed by atoms with Crippen LogP contribution in [-0.2, 0) is 14.3 Å². The molecule has 3 rings (SSSR count). The Bertz CT molecular complexity index is 1030. The topological polar surface area (TPSA) is 110 Å². The maximum absolute atomic E-state index is 13.2. The van der Waals surface area contributed by atoms with E-state index in [1.807, 2.05) is 6.92 Å². The van der Waals surface area contributed by atoms with Gasteiger partial charge in [0.25, 0.3) is 11.7 Å². The summed E-state index contributed by atoms with van der Waals surface area (Å²) in [5.74, 6) is -0.310. The highest BCUT2D eigenvalue weighted by Crippen LogP contribution is 2.30. The molecule has 10 nitrogen and oxygen atoms in total. The number of amidine groups is 1. The largest absolute Gasteiger partial charge is 0.499 e. The van der Waals surface area contributed by atoms with Gasteiger partial charge in [0, 0.05) is 17.3 Å². The van der Waals surface area contributed by atoms with Crippen molar-refractivity contribution in [2.45, 2.75) is 13.3 Å². The molecule has 0 spiro atoms. The van der Waals surface area contributed by atoms with Crippen LogP contribution in [0.5, 0.6) is 11.5 Å². The van der Waals surface area contributed by atoms with Crippen molar-refractivity contribution in [3.05, 3.63) is 29.5 Å². The van der Waals surface area contributed by atoms with Gasteiger partial charge in [-0.15, -0.1) is 4.99 Å². The van der Waals surface area contributed by atoms with E-state index >= 15 is 0 Å². The molecule has 1 aromatic rings. The van der Waals surface area contributed by atoms with Crippen molar-refractivity contribution in [1.82, 2.24) is 4.90 Å². The Morgan fingerprint density at radius 2 is 1.87 bits per heavy atom. The molecule has 4 amide bonds. The number of carbonyl (C=O) groups excluding carboxylic acids is 3. The van der Waals surface area contributed by atoms with Gasteiger partial charge in [-0.1, -0.05) is 6.92 Å². The number of aliphatic imine (C=N–C) groups is 1. The van der Waals surface area contributed by atoms with Crippen LogP contribution < -0.4 is 14.8 Å². The average molecular weight is 429 g/mol. The first-order valence-corrected chi connectivity index (χ1v) is 9.65. The standard InChI is InChI=1S/C21H24N4O6/c1-6-12-10-22-19-17(18(12)31-5)20(27)25(21(28)24(19)2)11-16(26)23-13-7-8-14(29-3)15(9-13)30-4/h7-10,17H,6,11H2,1-5H3/p+1. The van der Waals surface area contributed by atoms with Crippen LogP contribution >= 0.6 is 0 Å². The van der Waals surface area contributed by atoms with Crippen LogP contribution in [0.25, 0.3) is 0 Å². The third-order valence-corrected chi connectivity index (χ3v) is 5.13. The fourth-order valence-electron chi connectivity index (χ4n) is 3.53. The van der Waals surface area contributed by atoms with E-state index in [0.717, 1.165) is 10.5 Å². The number of amides is 4. The first-order valence-electron chi connectivity index (χ1n) is 9.65. The number of ether oxygens (including phenoxy) is 3. The SMILES string of the molecule is CCC1=C(OC)C2C(=O)N(CC(=O)Nc3ccc(OC)c(OC)c3)C(=O)[N+](C)=C2N=C1. The second-order valence-corrected chi connectivity index (χ2v) is 6.88. The molecule has 1 unspecified atom stereocenters. The highest BCUT2D eigenvalue weighted by atomic mass is 16.5. The molecule has 2 heterocycles. The van der Waals surface area contributed by atoms with Gasteiger partial charge < -0.3 is 19.5 Å². The highest BCUT2D eigenvalue weighted by Gasteiger charge is 2.51. The van der Waals surface area contributed by atoms with Crippen LogP contribution in [0.4, 0.5) is 10.5 Å². The van der Waals surface area contributed by atoms with E-state index in [1.165, 1.54) is 33.0 Å². The fourth-order valence-corrected chi connectivity index (χ4v) is 3.53. The zero-order valence-corrected chi connectivity index (χ0v) is 18.1. The normalized spacial score (nSPS) is 18.2. The molecule has 0 saturated heterocycles. The third kappa shape index (κ3) is 4.00. The van der Waals surface area contributed by atoms with Gasteiger partial charge in [-0.05, 0) is 18.6 Å². The van der Waals surface area contributed by atoms with Gasteiger partial charge in [-0.25, -0.2) is 4.79 Å². The molecule has 2 aliphatic rings. The predicted molar refractivity (Wildman–Crippen MR) is 113 cm³/mol. The summed E-state index contributed by atoms with van der Waals surface area (Å²) in [5.41, 5.74) is 1.20. The van der Waals surface area contributed by atoms with Crippen molar-refractivity contribution >= 4 is 35.6 Å². The quantitative estimate of drug-likeness (QED) is 0.660. The molecule has 31 heavy (non-hydrogen) atoms. The summed E-state index contributed by atoms with van der Waals surface area (Å²) in [5, 5.41) is 2.67. The van der Waals surface area contributed by atoms with Gasteiger partial charge >= 0.3 is 11.9 Å². The summed E-state index contributed by atoms with van der Waals surface area (Å²) in [6, 6.07) is 4.23. The lowest BCUT2D eigenvalue weighted by Gasteiger charge is -2.28. The van der Waals surface area contributed by atoms with Crippen LogP contribution in [0, 0.1) is 5.92 Å². The number of nitrogens with one attached hydrogen (secondary N) is 1. The lowest BCUT2D eigenvalue weighted by molar-refractivity contribution is -0.408. The van der Waals surface area contributed by atoms with Gasteiger partial charge in [-0.3, -0.25) is 9.59 Å². The smallest absolute Gasteiger partial charge is 0.446 e. The Morgan fingerprint density at radius 1 is 1.16 bits per heavy atom. The summed E-state index contributed by atoms with van der Waals surface area (Å²) >= 11 is 0. The van der Waals surface area contributed by atoms with Crippen molar-refractivity contribution in [2.75, 3.05) is 40.2 Å². The number of urea groups is 1. The summed E-state index contributed by atoms with van der Waals surface area (Å²) in [6.45, 7) is 1.46. The molecular weight excluding hydrogens is 404 g/mol. The van der Waals surface area contributed by atoms with Crippen LogP contribution in [0.3, 0.4) is 0 Å². The van der Waals surface area contributed by atoms with Gasteiger partial charge in [-0.2, -0.15) is 9.48 Å². The van der Waals surface area contributed by atoms with Crippen molar-refractivity contribution in [3.63, 3.8) is 0 Å². The second-order valence-electron chi connectivity index (χ2n) is 6.88. The van der Waals surface area contributed by atoms with Gasteiger partial charge in [0.05, 0.1) is 28.4 Å². The lowest BCUT2D eigenvalue weighted by Crippen LogP contribution is -2.56. The molecule has 10 heteroatoms. The maximum atomic E-state index is 13.2. The Morgan fingerprint density at radius 3 is 2.48 bits per heavy atom. The van der Waals surface area contributed by atoms with Gasteiger partial charge in [0.1, 0.15) is 12.0 Å². The van der Waals surface area contributed by atoms with Crippen molar-refractivity contribution < 1.29 is 33.2 Å². The Kier molecular flexibility index (Phi) is 6.38. The van der Waals surface area contributed by atoms with E-state index in [-0.39, 0.29) is 5.84 Å². The highest BCUT2D eigenvalue weighted by molar-refractivity contribution is 6.17. The molecule has 1 aromatic carbocycles. The minimum absolute atomic E-state index is 0.278. The Hall–Kier alpha value is -3.69. The average Bonchev–Trinajstić information content (AvgIpc) is 2.79. The number of imide groups is 1. The lowest BCUT2D eigenvalue weighted by atomic mass is 9.94. The molecule has 0 aliphatic carbocycles. The van der Waals surface area contributed by atoms with E-state index in [1.54, 1.807) is 24.4 Å². The zero-order chi connectivity index (χ0) is 22.7. The molecule has 1 atom stereocenters. The van der Waals surface area contributed by atoms with Crippen molar-refractivity contribution in [1.29, 1.82) is 0 Å². The van der Waals surface area contributed by atoms with Crippen LogP contribution in [-0.4, -0.2) is 74.3 Å². The van der Waals surface area contributed by atoms with E-state index in [2.05, 4.69) is 10.3 Å². The summed E-state index contributed by atoms with van der Waals surface area (Å²) in [6.07, 6.45) is 2.21. The molecule has 164 valence electrons. The zero-order valence-electron chi connectivity index (χ0n) is 18.1. The summed E-state index contributed by atoms with van der Waals surface area (Å²) in [7, 11) is 5.97. The molecule has 2 aliphatic heterocycles. The summed E-state index contributed by atoms with van der Waals surface area (Å²) in [4.78, 5) is 43.8. The Labute approximate surface area is 179 Å². The molecule has 0 radical (unpaired) electrons. The van der Waals surface area contributed by atoms with Crippen LogP contribution in [0.1, 0.15) is 13.3 Å². The van der Waals surface area contributed by atoms with Gasteiger partial charge in [0.2, 0.25) is 0 Å². The minimum Gasteiger partial charge on any atom is -0.499 e. The number of carbonyl (C=O) groups is 3. The maximum Gasteiger partial charge on any atom is 0.446 e. The number of rotatable bonds is 7. The van der Waals surface area contributed by atoms with E-state index in [9.17, 15) is 14.4 Å². The number of anilines is 1. The summed E-state index contributed by atoms with van der Waals surface area (Å²) < 4.78 is 17.1. The number of dihydropyridines is 1. The van der Waals surface area contributed by atoms with Crippen LogP contribution in [0.15, 0.2) is 34.5 Å². The molecular formula is C21H25N4O6+. The van der Waals surface area contributed by atoms with Gasteiger partial charge in [0.15, 0.2) is 24.0 Å². The number of allylic oxidation sites excluding steroid dienone is 1. The second kappa shape index (κ2) is 8.99. The fraction of sp³-hybridized carbons (Fsp3) is 0.381. The van der Waals surface area contributed by atoms with E-state index in [0.29, 0.717) is 29.4 Å². The molecule has 0 saturated carbocycles. The number of benzene rings is 1. The van der Waals surface area contributed by atoms with Crippen molar-refractivity contribution in [2.24, 2.45) is 10.9 Å². The number of nitrogens with zero attached hydrogens (tertiary/aromatic N) is 3. The molecule has 0 aromatic heterocycles. The molecule has 1 N–H and O–H groups in total. The number of hydrogen-bond donors (Lipinski definition) is 1. The first-order chi connectivity index (χ1) is 14.9. The van der Waals surface area contributed by atoms with E-state index < -0.39 is 30.3 Å².